The topological polar surface area (TPSA) is 46.2 Å². The summed E-state index contributed by atoms with van der Waals surface area (Å²) in [5.41, 5.74) is 5.15. The van der Waals surface area contributed by atoms with Crippen molar-refractivity contribution in [1.82, 2.24) is 0 Å². The summed E-state index contributed by atoms with van der Waals surface area (Å²) in [7, 11) is 0. The second-order valence-electron chi connectivity index (χ2n) is 2.66. The average Bonchev–Trinajstić information content (AvgIpc) is 2.13. The monoisotopic (exact) mass is 321 g/mol. The molecule has 0 bridgehead atoms. The molecule has 0 aliphatic rings. The van der Waals surface area contributed by atoms with Gasteiger partial charge in [0.05, 0.1) is 15.5 Å². The normalized spacial score (nSPS) is 12.4. The van der Waals surface area contributed by atoms with Gasteiger partial charge in [-0.3, -0.25) is 0 Å². The second-order valence-corrected chi connectivity index (χ2v) is 3.86. The first-order valence-corrected chi connectivity index (χ1v) is 4.82. The van der Waals surface area contributed by atoms with Gasteiger partial charge in [0.2, 0.25) is 0 Å². The zero-order valence-corrected chi connectivity index (χ0v) is 10.4. The van der Waals surface area contributed by atoms with Crippen LogP contribution >= 0.6 is 39.9 Å². The van der Waals surface area contributed by atoms with Crippen LogP contribution in [0, 0.1) is 0 Å². The molecule has 1 aromatic carbocycles. The lowest BCUT2D eigenvalue weighted by atomic mass is 10.1. The third-order valence-electron chi connectivity index (χ3n) is 1.73. The van der Waals surface area contributed by atoms with Crippen LogP contribution in [0.1, 0.15) is 11.6 Å². The zero-order chi connectivity index (χ0) is 10.9. The summed E-state index contributed by atoms with van der Waals surface area (Å²) < 4.78 is 24.7. The van der Waals surface area contributed by atoms with E-state index < -0.39 is 12.5 Å². The quantitative estimate of drug-likeness (QED) is 0.875. The minimum absolute atomic E-state index is 0. The van der Waals surface area contributed by atoms with Crippen molar-refractivity contribution in [2.75, 3.05) is 0 Å². The van der Waals surface area contributed by atoms with Gasteiger partial charge in [-0.25, -0.2) is 8.78 Å². The van der Waals surface area contributed by atoms with Crippen molar-refractivity contribution in [2.45, 2.75) is 12.5 Å². The van der Waals surface area contributed by atoms with Crippen LogP contribution in [0.4, 0.5) is 8.78 Å². The highest BCUT2D eigenvalue weighted by atomic mass is 79.9. The lowest BCUT2D eigenvalue weighted by Gasteiger charge is -2.13. The largest absolute Gasteiger partial charge is 0.506 e. The van der Waals surface area contributed by atoms with Crippen molar-refractivity contribution >= 4 is 39.9 Å². The summed E-state index contributed by atoms with van der Waals surface area (Å²) in [4.78, 5) is 0. The maximum Gasteiger partial charge on any atom is 0.257 e. The predicted molar refractivity (Wildman–Crippen MR) is 61.0 cm³/mol. The van der Waals surface area contributed by atoms with Crippen LogP contribution in [0.5, 0.6) is 5.75 Å². The SMILES string of the molecule is Cl.N[C@@H](c1ccc(Cl)c(Br)c1O)C(F)F. The third-order valence-corrected chi connectivity index (χ3v) is 3.08. The molecule has 3 N–H and O–H groups in total. The fourth-order valence-corrected chi connectivity index (χ4v) is 1.47. The van der Waals surface area contributed by atoms with Crippen LogP contribution in [-0.4, -0.2) is 11.5 Å². The molecule has 7 heteroatoms. The number of benzene rings is 1. The number of phenolic OH excluding ortho intramolecular Hbond substituents is 1. The van der Waals surface area contributed by atoms with Crippen molar-refractivity contribution in [3.8, 4) is 5.75 Å². The number of aromatic hydroxyl groups is 1. The molecular formula is C8H8BrCl2F2NO. The van der Waals surface area contributed by atoms with E-state index in [1.165, 1.54) is 12.1 Å². The molecule has 0 fully saturated rings. The van der Waals surface area contributed by atoms with Crippen LogP contribution < -0.4 is 5.73 Å². The maximum absolute atomic E-state index is 12.2. The first-order chi connectivity index (χ1) is 6.45. The number of alkyl halides is 2. The number of hydrogen-bond acceptors (Lipinski definition) is 2. The Labute approximate surface area is 105 Å². The van der Waals surface area contributed by atoms with Crippen molar-refractivity contribution in [2.24, 2.45) is 5.73 Å². The highest BCUT2D eigenvalue weighted by Crippen LogP contribution is 2.37. The summed E-state index contributed by atoms with van der Waals surface area (Å²) in [6.45, 7) is 0. The Hall–Kier alpha value is -0.100. The molecule has 0 unspecified atom stereocenters. The van der Waals surface area contributed by atoms with Gasteiger partial charge in [-0.2, -0.15) is 0 Å². The van der Waals surface area contributed by atoms with Gasteiger partial charge >= 0.3 is 0 Å². The van der Waals surface area contributed by atoms with E-state index in [1.54, 1.807) is 0 Å². The smallest absolute Gasteiger partial charge is 0.257 e. The van der Waals surface area contributed by atoms with E-state index in [4.69, 9.17) is 17.3 Å². The molecule has 0 heterocycles. The van der Waals surface area contributed by atoms with E-state index in [0.29, 0.717) is 0 Å². The molecule has 2 nitrogen and oxygen atoms in total. The van der Waals surface area contributed by atoms with Gasteiger partial charge in [0, 0.05) is 5.56 Å². The summed E-state index contributed by atoms with van der Waals surface area (Å²) in [5, 5.41) is 9.70. The van der Waals surface area contributed by atoms with Crippen LogP contribution in [0.25, 0.3) is 0 Å². The highest BCUT2D eigenvalue weighted by Gasteiger charge is 2.22. The Morgan fingerprint density at radius 1 is 1.40 bits per heavy atom. The Bertz CT molecular complexity index is 352. The zero-order valence-electron chi connectivity index (χ0n) is 7.25. The summed E-state index contributed by atoms with van der Waals surface area (Å²) in [5.74, 6) is -0.342. The minimum atomic E-state index is -2.73. The van der Waals surface area contributed by atoms with E-state index in [-0.39, 0.29) is 33.2 Å². The molecule has 0 aliphatic heterocycles. The second kappa shape index (κ2) is 5.84. The van der Waals surface area contributed by atoms with Crippen molar-refractivity contribution in [1.29, 1.82) is 0 Å². The summed E-state index contributed by atoms with van der Waals surface area (Å²) >= 11 is 8.60. The van der Waals surface area contributed by atoms with Crippen LogP contribution in [0.15, 0.2) is 16.6 Å². The van der Waals surface area contributed by atoms with E-state index in [0.717, 1.165) is 0 Å². The van der Waals surface area contributed by atoms with Gasteiger partial charge in [-0.05, 0) is 22.0 Å². The summed E-state index contributed by atoms with van der Waals surface area (Å²) in [6, 6.07) is 1.16. The molecule has 0 aromatic heterocycles. The van der Waals surface area contributed by atoms with Crippen molar-refractivity contribution < 1.29 is 13.9 Å². The van der Waals surface area contributed by atoms with Gasteiger partial charge < -0.3 is 10.8 Å². The molecule has 1 atom stereocenters. The van der Waals surface area contributed by atoms with Gasteiger partial charge in [-0.1, -0.05) is 17.7 Å². The molecular weight excluding hydrogens is 315 g/mol. The van der Waals surface area contributed by atoms with Crippen LogP contribution in [0.2, 0.25) is 5.02 Å². The average molecular weight is 323 g/mol. The van der Waals surface area contributed by atoms with Crippen LogP contribution in [0.3, 0.4) is 0 Å². The highest BCUT2D eigenvalue weighted by molar-refractivity contribution is 9.10. The summed E-state index contributed by atoms with van der Waals surface area (Å²) in [6.07, 6.45) is -2.73. The standard InChI is InChI=1S/C8H7BrClF2NO.ClH/c9-5-4(10)2-1-3(7(5)14)6(13)8(11)12;/h1-2,6,8,14H,13H2;1H/t6-;/m0./s1. The number of halogens is 5. The Balaban J connectivity index is 0.00000196. The number of phenols is 1. The van der Waals surface area contributed by atoms with Gasteiger partial charge in [0.25, 0.3) is 6.43 Å². The number of hydrogen-bond donors (Lipinski definition) is 2. The van der Waals surface area contributed by atoms with Gasteiger partial charge in [-0.15, -0.1) is 12.4 Å². The molecule has 86 valence electrons. The molecule has 0 saturated heterocycles. The minimum Gasteiger partial charge on any atom is -0.506 e. The molecule has 0 aliphatic carbocycles. The van der Waals surface area contributed by atoms with E-state index in [1.807, 2.05) is 0 Å². The lowest BCUT2D eigenvalue weighted by Crippen LogP contribution is -2.19. The molecule has 0 amide bonds. The van der Waals surface area contributed by atoms with Crippen LogP contribution in [-0.2, 0) is 0 Å². The van der Waals surface area contributed by atoms with Gasteiger partial charge in [0.1, 0.15) is 5.75 Å². The molecule has 0 radical (unpaired) electrons. The number of rotatable bonds is 2. The maximum atomic E-state index is 12.2. The first-order valence-electron chi connectivity index (χ1n) is 3.65. The molecule has 1 aromatic rings. The van der Waals surface area contributed by atoms with E-state index >= 15 is 0 Å². The molecule has 0 spiro atoms. The fourth-order valence-electron chi connectivity index (χ4n) is 0.960. The third kappa shape index (κ3) is 3.17. The van der Waals surface area contributed by atoms with E-state index in [9.17, 15) is 13.9 Å². The van der Waals surface area contributed by atoms with E-state index in [2.05, 4.69) is 15.9 Å². The Morgan fingerprint density at radius 2 is 1.93 bits per heavy atom. The van der Waals surface area contributed by atoms with Gasteiger partial charge in [0.15, 0.2) is 0 Å². The Kier molecular flexibility index (Phi) is 5.80. The number of nitrogens with two attached hydrogens (primary N) is 1. The molecule has 0 saturated carbocycles. The first kappa shape index (κ1) is 14.9. The predicted octanol–water partition coefficient (Wildman–Crippen LogP) is 3.49. The Morgan fingerprint density at radius 3 is 2.40 bits per heavy atom. The fraction of sp³-hybridized carbons (Fsp3) is 0.250. The van der Waals surface area contributed by atoms with Crippen molar-refractivity contribution in [3.63, 3.8) is 0 Å². The van der Waals surface area contributed by atoms with Crippen molar-refractivity contribution in [3.05, 3.63) is 27.2 Å². The lowest BCUT2D eigenvalue weighted by molar-refractivity contribution is 0.115. The molecule has 15 heavy (non-hydrogen) atoms. The molecule has 1 rings (SSSR count).